The van der Waals surface area contributed by atoms with Crippen LogP contribution in [0.25, 0.3) is 0 Å². The molecule has 0 aromatic carbocycles. The quantitative estimate of drug-likeness (QED) is 0.431. The number of carbonyl (C=O) groups is 3. The number of alkyl halides is 1. The lowest BCUT2D eigenvalue weighted by Gasteiger charge is -2.16. The first kappa shape index (κ1) is 11.3. The molecule has 0 rings (SSSR count). The summed E-state index contributed by atoms with van der Waals surface area (Å²) in [5.74, 6) is -3.87. The number of hydrogen-bond donors (Lipinski definition) is 3. The van der Waals surface area contributed by atoms with Crippen molar-refractivity contribution in [2.45, 2.75) is 18.5 Å². The Labute approximate surface area is 73.2 Å². The van der Waals surface area contributed by atoms with E-state index in [1.54, 1.807) is 0 Å². The summed E-state index contributed by atoms with van der Waals surface area (Å²) in [6.07, 6.45) is -1.19. The van der Waals surface area contributed by atoms with Gasteiger partial charge in [0.05, 0.1) is 0 Å². The largest absolute Gasteiger partial charge is 0.370 e. The van der Waals surface area contributed by atoms with Crippen LogP contribution in [0.4, 0.5) is 4.39 Å². The minimum Gasteiger partial charge on any atom is -0.370 e. The first-order chi connectivity index (χ1) is 5.80. The van der Waals surface area contributed by atoms with E-state index in [1.165, 1.54) is 0 Å². The summed E-state index contributed by atoms with van der Waals surface area (Å²) in [5.41, 5.74) is 10.9. The van der Waals surface area contributed by atoms with E-state index in [0.717, 1.165) is 0 Å². The topological polar surface area (TPSA) is 129 Å². The Morgan fingerprint density at radius 3 is 1.69 bits per heavy atom. The fraction of sp³-hybridized carbons (Fsp3) is 0.500. The standard InChI is InChI=1S/C6H10FN3O3/c7-6(4(9)12,5(10)13)2-1-3(8)11/h1-2H2,(H2,8,11)(H2,9,12)(H2,10,13). The lowest BCUT2D eigenvalue weighted by atomic mass is 9.98. The Hall–Kier alpha value is -1.66. The van der Waals surface area contributed by atoms with E-state index in [2.05, 4.69) is 11.5 Å². The number of amides is 3. The average molecular weight is 191 g/mol. The minimum absolute atomic E-state index is 0.470. The smallest absolute Gasteiger partial charge is 0.265 e. The predicted octanol–water partition coefficient (Wildman–Crippen LogP) is -2.07. The van der Waals surface area contributed by atoms with E-state index in [9.17, 15) is 18.8 Å². The maximum Gasteiger partial charge on any atom is 0.265 e. The predicted molar refractivity (Wildman–Crippen MR) is 40.7 cm³/mol. The van der Waals surface area contributed by atoms with Crippen LogP contribution in [-0.4, -0.2) is 23.4 Å². The number of hydrogen-bond acceptors (Lipinski definition) is 3. The second-order valence-corrected chi connectivity index (χ2v) is 2.50. The summed E-state index contributed by atoms with van der Waals surface area (Å²) in [7, 11) is 0. The Morgan fingerprint density at radius 1 is 1.08 bits per heavy atom. The van der Waals surface area contributed by atoms with Crippen LogP contribution < -0.4 is 17.2 Å². The van der Waals surface area contributed by atoms with Crippen LogP contribution in [0.3, 0.4) is 0 Å². The molecule has 74 valence electrons. The third kappa shape index (κ3) is 2.69. The van der Waals surface area contributed by atoms with E-state index in [0.29, 0.717) is 0 Å². The van der Waals surface area contributed by atoms with Gasteiger partial charge < -0.3 is 17.2 Å². The molecule has 3 amide bonds. The van der Waals surface area contributed by atoms with Crippen LogP contribution in [-0.2, 0) is 14.4 Å². The molecular weight excluding hydrogens is 181 g/mol. The number of halogens is 1. The maximum atomic E-state index is 13.2. The molecule has 0 bridgehead atoms. The molecule has 13 heavy (non-hydrogen) atoms. The fourth-order valence-corrected chi connectivity index (χ4v) is 0.663. The summed E-state index contributed by atoms with van der Waals surface area (Å²) in [4.78, 5) is 31.2. The van der Waals surface area contributed by atoms with Crippen LogP contribution >= 0.6 is 0 Å². The fourth-order valence-electron chi connectivity index (χ4n) is 0.663. The third-order valence-corrected chi connectivity index (χ3v) is 1.50. The zero-order valence-electron chi connectivity index (χ0n) is 6.75. The van der Waals surface area contributed by atoms with Gasteiger partial charge >= 0.3 is 0 Å². The third-order valence-electron chi connectivity index (χ3n) is 1.50. The lowest BCUT2D eigenvalue weighted by Crippen LogP contribution is -2.50. The van der Waals surface area contributed by atoms with Gasteiger partial charge in [-0.1, -0.05) is 0 Å². The summed E-state index contributed by atoms with van der Waals surface area (Å²) in [5, 5.41) is 0. The van der Waals surface area contributed by atoms with Gasteiger partial charge in [0, 0.05) is 12.8 Å². The zero-order valence-corrected chi connectivity index (χ0v) is 6.75. The van der Waals surface area contributed by atoms with E-state index in [4.69, 9.17) is 5.73 Å². The van der Waals surface area contributed by atoms with Crippen molar-refractivity contribution in [2.24, 2.45) is 17.2 Å². The van der Waals surface area contributed by atoms with Gasteiger partial charge in [-0.3, -0.25) is 14.4 Å². The first-order valence-corrected chi connectivity index (χ1v) is 3.37. The molecule has 6 nitrogen and oxygen atoms in total. The molecule has 0 aliphatic carbocycles. The molecule has 0 unspecified atom stereocenters. The van der Waals surface area contributed by atoms with Gasteiger partial charge in [0.2, 0.25) is 5.91 Å². The normalized spacial score (nSPS) is 10.8. The molecule has 0 aliphatic rings. The van der Waals surface area contributed by atoms with Crippen molar-refractivity contribution >= 4 is 17.7 Å². The molecule has 7 heteroatoms. The van der Waals surface area contributed by atoms with Crippen molar-refractivity contribution in [3.8, 4) is 0 Å². The van der Waals surface area contributed by atoms with Gasteiger partial charge in [0.1, 0.15) is 0 Å². The molecule has 0 radical (unpaired) electrons. The molecule has 0 heterocycles. The molecule has 0 atom stereocenters. The lowest BCUT2D eigenvalue weighted by molar-refractivity contribution is -0.142. The first-order valence-electron chi connectivity index (χ1n) is 3.37. The number of carbonyl (C=O) groups excluding carboxylic acids is 3. The number of nitrogens with two attached hydrogens (primary N) is 3. The second kappa shape index (κ2) is 3.83. The molecular formula is C6H10FN3O3. The van der Waals surface area contributed by atoms with Crippen molar-refractivity contribution in [1.82, 2.24) is 0 Å². The maximum absolute atomic E-state index is 13.2. The highest BCUT2D eigenvalue weighted by Gasteiger charge is 2.43. The summed E-state index contributed by atoms with van der Waals surface area (Å²) >= 11 is 0. The number of primary amides is 3. The Morgan fingerprint density at radius 2 is 1.46 bits per heavy atom. The second-order valence-electron chi connectivity index (χ2n) is 2.50. The van der Waals surface area contributed by atoms with E-state index < -0.39 is 36.2 Å². The highest BCUT2D eigenvalue weighted by atomic mass is 19.1. The van der Waals surface area contributed by atoms with Gasteiger partial charge in [-0.2, -0.15) is 0 Å². The molecule has 0 aliphatic heterocycles. The van der Waals surface area contributed by atoms with Crippen molar-refractivity contribution in [1.29, 1.82) is 0 Å². The molecule has 0 saturated carbocycles. The highest BCUT2D eigenvalue weighted by molar-refractivity contribution is 6.07. The van der Waals surface area contributed by atoms with Gasteiger partial charge in [-0.15, -0.1) is 0 Å². The Balaban J connectivity index is 4.52. The summed E-state index contributed by atoms with van der Waals surface area (Å²) in [6, 6.07) is 0. The number of rotatable bonds is 5. The van der Waals surface area contributed by atoms with Crippen LogP contribution in [0.1, 0.15) is 12.8 Å². The highest BCUT2D eigenvalue weighted by Crippen LogP contribution is 2.17. The van der Waals surface area contributed by atoms with Crippen molar-refractivity contribution < 1.29 is 18.8 Å². The van der Waals surface area contributed by atoms with Crippen molar-refractivity contribution in [3.63, 3.8) is 0 Å². The van der Waals surface area contributed by atoms with Crippen LogP contribution in [0.5, 0.6) is 0 Å². The van der Waals surface area contributed by atoms with Gasteiger partial charge in [-0.05, 0) is 0 Å². The average Bonchev–Trinajstić information content (AvgIpc) is 1.99. The minimum atomic E-state index is -2.99. The van der Waals surface area contributed by atoms with Crippen LogP contribution in [0.15, 0.2) is 0 Å². The monoisotopic (exact) mass is 191 g/mol. The molecule has 0 aromatic heterocycles. The molecule has 0 fully saturated rings. The van der Waals surface area contributed by atoms with Gasteiger partial charge in [0.25, 0.3) is 17.5 Å². The van der Waals surface area contributed by atoms with E-state index >= 15 is 0 Å². The molecule has 0 spiro atoms. The molecule has 0 saturated heterocycles. The van der Waals surface area contributed by atoms with E-state index in [1.807, 2.05) is 0 Å². The van der Waals surface area contributed by atoms with Crippen LogP contribution in [0, 0.1) is 0 Å². The Kier molecular flexibility index (Phi) is 3.34. The Bertz CT molecular complexity index is 240. The summed E-state index contributed by atoms with van der Waals surface area (Å²) in [6.45, 7) is 0. The van der Waals surface area contributed by atoms with Crippen molar-refractivity contribution in [2.75, 3.05) is 0 Å². The molecule has 0 aromatic rings. The SMILES string of the molecule is NC(=O)CCC(F)(C(N)=O)C(N)=O. The molecule has 6 N–H and O–H groups in total. The van der Waals surface area contributed by atoms with Crippen LogP contribution in [0.2, 0.25) is 0 Å². The summed E-state index contributed by atoms with van der Waals surface area (Å²) < 4.78 is 13.2. The van der Waals surface area contributed by atoms with E-state index in [-0.39, 0.29) is 0 Å². The van der Waals surface area contributed by atoms with Gasteiger partial charge in [-0.25, -0.2) is 4.39 Å². The zero-order chi connectivity index (χ0) is 10.6. The van der Waals surface area contributed by atoms with Crippen molar-refractivity contribution in [3.05, 3.63) is 0 Å². The van der Waals surface area contributed by atoms with Gasteiger partial charge in [0.15, 0.2) is 0 Å².